The van der Waals surface area contributed by atoms with Crippen LogP contribution in [0.5, 0.6) is 11.8 Å². The molecule has 0 N–H and O–H groups in total. The first-order valence-corrected chi connectivity index (χ1v) is 13.5. The predicted octanol–water partition coefficient (Wildman–Crippen LogP) is 6.16. The first-order chi connectivity index (χ1) is 20.1. The van der Waals surface area contributed by atoms with E-state index in [0.29, 0.717) is 38.2 Å². The predicted molar refractivity (Wildman–Crippen MR) is 143 cm³/mol. The Morgan fingerprint density at radius 1 is 1.07 bits per heavy atom. The van der Waals surface area contributed by atoms with E-state index >= 15 is 0 Å². The van der Waals surface area contributed by atoms with Crippen molar-refractivity contribution in [2.75, 3.05) is 31.6 Å². The molecule has 0 radical (unpaired) electrons. The molecular weight excluding hydrogens is 584 g/mol. The normalized spacial score (nSPS) is 19.4. The van der Waals surface area contributed by atoms with Crippen molar-refractivity contribution >= 4 is 11.5 Å². The highest BCUT2D eigenvalue weighted by Gasteiger charge is 2.41. The van der Waals surface area contributed by atoms with Gasteiger partial charge in [0.1, 0.15) is 18.6 Å². The lowest BCUT2D eigenvalue weighted by atomic mass is 10.0. The van der Waals surface area contributed by atoms with Gasteiger partial charge in [-0.05, 0) is 79.8 Å². The highest BCUT2D eigenvalue weighted by molar-refractivity contribution is 5.49. The molecule has 1 saturated heterocycles. The summed E-state index contributed by atoms with van der Waals surface area (Å²) in [6.45, 7) is 3.65. The molecule has 0 bridgehead atoms. The lowest BCUT2D eigenvalue weighted by Gasteiger charge is -2.38. The fourth-order valence-corrected chi connectivity index (χ4v) is 5.44. The molecule has 2 aliphatic heterocycles. The molecule has 3 aromatic rings. The average molecular weight is 614 g/mol. The van der Waals surface area contributed by atoms with E-state index in [-0.39, 0.29) is 42.7 Å². The summed E-state index contributed by atoms with van der Waals surface area (Å²) in [7, 11) is 1.71. The summed E-state index contributed by atoms with van der Waals surface area (Å²) < 4.78 is 92.7. The Kier molecular flexibility index (Phi) is 7.96. The van der Waals surface area contributed by atoms with E-state index in [1.165, 1.54) is 6.20 Å². The van der Waals surface area contributed by atoms with Crippen LogP contribution in [0.3, 0.4) is 0 Å². The molecule has 232 valence electrons. The van der Waals surface area contributed by atoms with Gasteiger partial charge in [-0.2, -0.15) is 26.3 Å². The van der Waals surface area contributed by atoms with Gasteiger partial charge >= 0.3 is 24.2 Å². The van der Waals surface area contributed by atoms with Crippen molar-refractivity contribution in [2.45, 2.75) is 56.9 Å². The topological polar surface area (TPSA) is 85.9 Å². The van der Waals surface area contributed by atoms with E-state index < -0.39 is 34.0 Å². The van der Waals surface area contributed by atoms with Crippen LogP contribution in [-0.4, -0.2) is 57.8 Å². The van der Waals surface area contributed by atoms with E-state index in [4.69, 9.17) is 9.47 Å². The zero-order valence-corrected chi connectivity index (χ0v) is 23.3. The summed E-state index contributed by atoms with van der Waals surface area (Å²) in [6.07, 6.45) is -7.06. The number of hydrogen-bond donors (Lipinski definition) is 0. The smallest absolute Gasteiger partial charge is 0.416 e. The van der Waals surface area contributed by atoms with Gasteiger partial charge in [0, 0.05) is 36.3 Å². The van der Waals surface area contributed by atoms with Crippen molar-refractivity contribution in [3.8, 4) is 11.8 Å². The monoisotopic (exact) mass is 613 g/mol. The van der Waals surface area contributed by atoms with Gasteiger partial charge in [0.25, 0.3) is 0 Å². The number of fused-ring (bicyclic) bond motifs is 1. The minimum absolute atomic E-state index is 0.00833. The molecule has 0 unspecified atom stereocenters. The first kappa shape index (κ1) is 30.4. The SMILES string of the molecule is CN(Cc1cc(C(F)(F)F)cc(C(F)(F)F)c1)C1CCN(c2ccc(OC[C@@]3(C)Cn4cc([N+](=O)[O-])nc4O3)cc2)CC1. The molecule has 9 nitrogen and oxygen atoms in total. The number of rotatable bonds is 8. The van der Waals surface area contributed by atoms with Crippen molar-refractivity contribution in [2.24, 2.45) is 0 Å². The van der Waals surface area contributed by atoms with Crippen LogP contribution in [0.15, 0.2) is 48.7 Å². The number of hydrogen-bond acceptors (Lipinski definition) is 7. The molecule has 5 rings (SSSR count). The Morgan fingerprint density at radius 2 is 1.67 bits per heavy atom. The Bertz CT molecular complexity index is 1410. The molecule has 1 aromatic heterocycles. The molecular formula is C28H29F6N5O4. The van der Waals surface area contributed by atoms with Crippen molar-refractivity contribution in [3.05, 3.63) is 75.5 Å². The lowest BCUT2D eigenvalue weighted by Crippen LogP contribution is -2.43. The van der Waals surface area contributed by atoms with Crippen molar-refractivity contribution in [3.63, 3.8) is 0 Å². The number of imidazole rings is 1. The van der Waals surface area contributed by atoms with Gasteiger partial charge in [-0.1, -0.05) is 0 Å². The van der Waals surface area contributed by atoms with Gasteiger partial charge in [-0.25, -0.2) is 0 Å². The largest absolute Gasteiger partial charge is 0.489 e. The second-order valence-electron chi connectivity index (χ2n) is 11.1. The summed E-state index contributed by atoms with van der Waals surface area (Å²) in [4.78, 5) is 18.1. The van der Waals surface area contributed by atoms with Crippen LogP contribution in [0.1, 0.15) is 36.5 Å². The summed E-state index contributed by atoms with van der Waals surface area (Å²) >= 11 is 0. The number of halogens is 6. The summed E-state index contributed by atoms with van der Waals surface area (Å²) in [5, 5.41) is 10.9. The van der Waals surface area contributed by atoms with E-state index in [1.807, 2.05) is 31.2 Å². The number of piperidine rings is 1. The van der Waals surface area contributed by atoms with E-state index in [2.05, 4.69) is 9.88 Å². The van der Waals surface area contributed by atoms with Crippen molar-refractivity contribution in [1.82, 2.24) is 14.5 Å². The van der Waals surface area contributed by atoms with Crippen LogP contribution < -0.4 is 14.4 Å². The highest BCUT2D eigenvalue weighted by atomic mass is 19.4. The van der Waals surface area contributed by atoms with Gasteiger partial charge in [0.2, 0.25) is 0 Å². The summed E-state index contributed by atoms with van der Waals surface area (Å²) in [6, 6.07) is 9.33. The van der Waals surface area contributed by atoms with Gasteiger partial charge in [-0.3, -0.25) is 9.47 Å². The molecule has 1 atom stereocenters. The number of nitro groups is 1. The van der Waals surface area contributed by atoms with Gasteiger partial charge in [0.05, 0.1) is 17.7 Å². The molecule has 15 heteroatoms. The molecule has 0 saturated carbocycles. The third kappa shape index (κ3) is 6.98. The standard InChI is InChI=1S/C28H29F6N5O4/c1-26(16-38-15-24(39(40)41)35-25(38)43-26)17-42-23-5-3-22(4-6-23)37-9-7-21(8-10-37)36(2)14-18-11-19(27(29,30)31)13-20(12-18)28(32,33)34/h3-6,11-13,15,21H,7-10,14,16-17H2,1-2H3/t26-/m1/s1. The second kappa shape index (κ2) is 11.2. The number of alkyl halides is 6. The molecule has 0 spiro atoms. The Hall–Kier alpha value is -4.01. The Morgan fingerprint density at radius 3 is 2.21 bits per heavy atom. The minimum atomic E-state index is -4.88. The Labute approximate surface area is 242 Å². The van der Waals surface area contributed by atoms with Gasteiger partial charge in [0.15, 0.2) is 5.60 Å². The maximum Gasteiger partial charge on any atom is 0.416 e. The third-order valence-corrected chi connectivity index (χ3v) is 7.67. The lowest BCUT2D eigenvalue weighted by molar-refractivity contribution is -0.389. The fourth-order valence-electron chi connectivity index (χ4n) is 5.44. The second-order valence-corrected chi connectivity index (χ2v) is 11.1. The highest BCUT2D eigenvalue weighted by Crippen LogP contribution is 2.37. The van der Waals surface area contributed by atoms with Gasteiger partial charge < -0.3 is 24.5 Å². The molecule has 2 aliphatic rings. The maximum atomic E-state index is 13.2. The first-order valence-electron chi connectivity index (χ1n) is 13.5. The molecule has 2 aromatic carbocycles. The number of nitrogens with zero attached hydrogens (tertiary/aromatic N) is 5. The molecule has 43 heavy (non-hydrogen) atoms. The molecule has 0 amide bonds. The van der Waals surface area contributed by atoms with Crippen LogP contribution in [0.2, 0.25) is 0 Å². The third-order valence-electron chi connectivity index (χ3n) is 7.67. The zero-order valence-electron chi connectivity index (χ0n) is 23.3. The quantitative estimate of drug-likeness (QED) is 0.171. The number of benzene rings is 2. The number of aromatic nitrogens is 2. The van der Waals surface area contributed by atoms with Crippen LogP contribution in [-0.2, 0) is 25.4 Å². The van der Waals surface area contributed by atoms with Gasteiger partial charge in [-0.15, -0.1) is 0 Å². The molecule has 1 fully saturated rings. The maximum absolute atomic E-state index is 13.2. The van der Waals surface area contributed by atoms with Crippen LogP contribution in [0.25, 0.3) is 0 Å². The number of ether oxygens (including phenoxy) is 2. The van der Waals surface area contributed by atoms with Crippen LogP contribution in [0.4, 0.5) is 37.8 Å². The summed E-state index contributed by atoms with van der Waals surface area (Å²) in [5.41, 5.74) is -2.44. The van der Waals surface area contributed by atoms with Crippen molar-refractivity contribution in [1.29, 1.82) is 0 Å². The van der Waals surface area contributed by atoms with E-state index in [0.717, 1.165) is 17.8 Å². The molecule has 3 heterocycles. The number of anilines is 1. The summed E-state index contributed by atoms with van der Waals surface area (Å²) in [5.74, 6) is 0.331. The molecule has 0 aliphatic carbocycles. The van der Waals surface area contributed by atoms with E-state index in [9.17, 15) is 36.5 Å². The minimum Gasteiger partial charge on any atom is -0.489 e. The fraction of sp³-hybridized carbons (Fsp3) is 0.464. The van der Waals surface area contributed by atoms with Crippen molar-refractivity contribution < 1.29 is 40.7 Å². The van der Waals surface area contributed by atoms with Crippen LogP contribution in [0, 0.1) is 10.1 Å². The average Bonchev–Trinajstić information content (AvgIpc) is 3.47. The Balaban J connectivity index is 1.13. The van der Waals surface area contributed by atoms with E-state index in [1.54, 1.807) is 16.5 Å². The van der Waals surface area contributed by atoms with Crippen LogP contribution >= 0.6 is 0 Å². The zero-order chi connectivity index (χ0) is 31.2.